The number of alkyl halides is 2. The van der Waals surface area contributed by atoms with Crippen LogP contribution in [0.4, 0.5) is 30.8 Å². The van der Waals surface area contributed by atoms with Gasteiger partial charge in [0.05, 0.1) is 29.1 Å². The first-order chi connectivity index (χ1) is 19.2. The maximum absolute atomic E-state index is 13.7. The van der Waals surface area contributed by atoms with Gasteiger partial charge in [-0.25, -0.2) is 23.5 Å². The third kappa shape index (κ3) is 5.28. The number of ether oxygens (including phenoxy) is 3. The van der Waals surface area contributed by atoms with Crippen molar-refractivity contribution in [1.82, 2.24) is 9.97 Å². The third-order valence-corrected chi connectivity index (χ3v) is 7.42. The number of aromatic nitrogens is 2. The number of anilines is 3. The zero-order valence-electron chi connectivity index (χ0n) is 21.9. The molecule has 9 nitrogen and oxygen atoms in total. The number of carbonyl (C=O) groups excluding carboxylic acids is 1. The molecule has 2 bridgehead atoms. The van der Waals surface area contributed by atoms with E-state index in [9.17, 15) is 13.6 Å². The molecule has 3 aliphatic rings. The van der Waals surface area contributed by atoms with Crippen LogP contribution in [-0.2, 0) is 9.47 Å². The Morgan fingerprint density at radius 3 is 2.90 bits per heavy atom. The van der Waals surface area contributed by atoms with Gasteiger partial charge in [0.1, 0.15) is 12.7 Å². The molecule has 12 heteroatoms. The minimum absolute atomic E-state index is 0.109. The lowest BCUT2D eigenvalue weighted by Gasteiger charge is -2.36. The number of benzene rings is 1. The highest BCUT2D eigenvalue weighted by Gasteiger charge is 2.41. The van der Waals surface area contributed by atoms with E-state index in [0.29, 0.717) is 46.8 Å². The van der Waals surface area contributed by atoms with Gasteiger partial charge >= 0.3 is 6.03 Å². The molecule has 0 radical (unpaired) electrons. The Balaban J connectivity index is 1.24. The summed E-state index contributed by atoms with van der Waals surface area (Å²) in [5, 5.41) is 3.26. The second kappa shape index (κ2) is 10.5. The smallest absolute Gasteiger partial charge is 0.327 e. The van der Waals surface area contributed by atoms with Crippen LogP contribution in [0.15, 0.2) is 48.7 Å². The van der Waals surface area contributed by atoms with E-state index in [1.165, 1.54) is 12.1 Å². The van der Waals surface area contributed by atoms with E-state index in [1.807, 2.05) is 13.8 Å². The van der Waals surface area contributed by atoms with Crippen LogP contribution in [0.25, 0.3) is 11.3 Å². The Kier molecular flexibility index (Phi) is 6.97. The molecule has 0 unspecified atom stereocenters. The molecule has 6 rings (SSSR count). The van der Waals surface area contributed by atoms with Gasteiger partial charge in [0.2, 0.25) is 5.88 Å². The second-order valence-electron chi connectivity index (χ2n) is 10.4. The molecule has 0 spiro atoms. The van der Waals surface area contributed by atoms with Crippen molar-refractivity contribution in [2.24, 2.45) is 0 Å². The van der Waals surface area contributed by atoms with Crippen LogP contribution >= 0.6 is 11.6 Å². The molecule has 0 aliphatic carbocycles. The van der Waals surface area contributed by atoms with Crippen molar-refractivity contribution in [1.29, 1.82) is 0 Å². The molecule has 2 amide bonds. The molecule has 5 heterocycles. The Labute approximate surface area is 235 Å². The Hall–Kier alpha value is -3.54. The number of hydrogen-bond acceptors (Lipinski definition) is 7. The van der Waals surface area contributed by atoms with Gasteiger partial charge in [-0.15, -0.1) is 0 Å². The van der Waals surface area contributed by atoms with Gasteiger partial charge in [-0.3, -0.25) is 4.90 Å². The number of rotatable bonds is 6. The molecular weight excluding hydrogens is 544 g/mol. The van der Waals surface area contributed by atoms with Crippen LogP contribution in [0, 0.1) is 0 Å². The molecular formula is C28H28ClF2N5O4. The molecule has 40 heavy (non-hydrogen) atoms. The molecule has 2 aromatic heterocycles. The van der Waals surface area contributed by atoms with E-state index in [4.69, 9.17) is 30.8 Å². The zero-order valence-corrected chi connectivity index (χ0v) is 22.7. The highest BCUT2D eigenvalue weighted by atomic mass is 35.5. The van der Waals surface area contributed by atoms with E-state index in [-0.39, 0.29) is 30.3 Å². The summed E-state index contributed by atoms with van der Waals surface area (Å²) in [5.41, 5.74) is 1.89. The van der Waals surface area contributed by atoms with Gasteiger partial charge in [0.25, 0.3) is 6.43 Å². The first-order valence-corrected chi connectivity index (χ1v) is 13.4. The fourth-order valence-corrected chi connectivity index (χ4v) is 5.54. The van der Waals surface area contributed by atoms with Gasteiger partial charge in [-0.05, 0) is 38.5 Å². The molecule has 2 fully saturated rings. The number of pyridine rings is 2. The lowest BCUT2D eigenvalue weighted by molar-refractivity contribution is -0.141. The number of urea groups is 1. The van der Waals surface area contributed by atoms with Gasteiger partial charge in [0, 0.05) is 42.2 Å². The van der Waals surface area contributed by atoms with Crippen molar-refractivity contribution in [2.75, 3.05) is 41.4 Å². The Morgan fingerprint density at radius 2 is 2.12 bits per heavy atom. The molecule has 2 saturated heterocycles. The Bertz CT molecular complexity index is 1440. The summed E-state index contributed by atoms with van der Waals surface area (Å²) in [5.74, 6) is 0.115. The fraction of sp³-hybridized carbons (Fsp3) is 0.393. The fourth-order valence-electron chi connectivity index (χ4n) is 5.28. The quantitative estimate of drug-likeness (QED) is 0.394. The van der Waals surface area contributed by atoms with Crippen molar-refractivity contribution in [3.63, 3.8) is 0 Å². The molecule has 1 N–H and O–H groups in total. The SMILES string of the molecule is CC1(C)OC[C@@H](COc2cc(NC(=O)N3c4nc(-c5cccc(C(F)F)c5)c(Cl)cc4N4CC[C@H]3C4)ccn2)O1. The lowest BCUT2D eigenvalue weighted by Crippen LogP contribution is -2.48. The zero-order chi connectivity index (χ0) is 28.0. The number of amides is 2. The maximum Gasteiger partial charge on any atom is 0.327 e. The van der Waals surface area contributed by atoms with Crippen molar-refractivity contribution in [2.45, 2.75) is 44.6 Å². The van der Waals surface area contributed by atoms with Crippen molar-refractivity contribution in [3.8, 4) is 17.1 Å². The Morgan fingerprint density at radius 1 is 1.27 bits per heavy atom. The minimum atomic E-state index is -2.62. The van der Waals surface area contributed by atoms with Crippen LogP contribution in [-0.4, -0.2) is 60.2 Å². The standard InChI is InChI=1S/C28H28ClF2N5O4/c1-28(2)39-15-20(40-28)14-38-23-11-18(6-8-32-23)33-27(37)36-19-7-9-35(13-19)22-12-21(29)24(34-26(22)36)16-4-3-5-17(10-16)25(30)31/h3-6,8,10-12,19-20,25H,7,9,13-15H2,1-2H3,(H,32,33,37)/t19-,20+/m0/s1. The lowest BCUT2D eigenvalue weighted by atomic mass is 10.1. The number of carbonyl (C=O) groups is 1. The topological polar surface area (TPSA) is 89.1 Å². The van der Waals surface area contributed by atoms with Gasteiger partial charge in [-0.1, -0.05) is 29.8 Å². The number of fused-ring (bicyclic) bond motifs is 4. The predicted molar refractivity (Wildman–Crippen MR) is 146 cm³/mol. The average molecular weight is 572 g/mol. The number of nitrogens with zero attached hydrogens (tertiary/aromatic N) is 4. The maximum atomic E-state index is 13.7. The number of halogens is 3. The molecule has 1 aromatic carbocycles. The highest BCUT2D eigenvalue weighted by molar-refractivity contribution is 6.33. The highest BCUT2D eigenvalue weighted by Crippen LogP contribution is 2.43. The second-order valence-corrected chi connectivity index (χ2v) is 10.8. The third-order valence-electron chi connectivity index (χ3n) is 7.14. The average Bonchev–Trinajstić information content (AvgIpc) is 3.51. The summed E-state index contributed by atoms with van der Waals surface area (Å²) in [6.45, 7) is 5.75. The number of hydrogen-bond donors (Lipinski definition) is 1. The van der Waals surface area contributed by atoms with Crippen molar-refractivity contribution in [3.05, 3.63) is 59.2 Å². The summed E-state index contributed by atoms with van der Waals surface area (Å²) in [4.78, 5) is 26.4. The normalized spacial score (nSPS) is 21.1. The predicted octanol–water partition coefficient (Wildman–Crippen LogP) is 5.90. The molecule has 210 valence electrons. The first-order valence-electron chi connectivity index (χ1n) is 13.0. The van der Waals surface area contributed by atoms with Crippen LogP contribution in [0.1, 0.15) is 32.3 Å². The summed E-state index contributed by atoms with van der Waals surface area (Å²) in [6, 6.07) is 10.5. The van der Waals surface area contributed by atoms with Crippen LogP contribution in [0.3, 0.4) is 0 Å². The van der Waals surface area contributed by atoms with Crippen molar-refractivity contribution < 1.29 is 27.8 Å². The van der Waals surface area contributed by atoms with E-state index in [0.717, 1.165) is 18.7 Å². The van der Waals surface area contributed by atoms with E-state index >= 15 is 0 Å². The van der Waals surface area contributed by atoms with E-state index in [1.54, 1.807) is 41.4 Å². The molecule has 2 atom stereocenters. The van der Waals surface area contributed by atoms with E-state index in [2.05, 4.69) is 15.2 Å². The van der Waals surface area contributed by atoms with Crippen LogP contribution < -0.4 is 19.9 Å². The van der Waals surface area contributed by atoms with Gasteiger partial charge < -0.3 is 24.4 Å². The van der Waals surface area contributed by atoms with Crippen LogP contribution in [0.5, 0.6) is 5.88 Å². The monoisotopic (exact) mass is 571 g/mol. The van der Waals surface area contributed by atoms with Crippen LogP contribution in [0.2, 0.25) is 5.02 Å². The van der Waals surface area contributed by atoms with E-state index < -0.39 is 12.2 Å². The summed E-state index contributed by atoms with van der Waals surface area (Å²) in [6.07, 6.45) is -0.546. The summed E-state index contributed by atoms with van der Waals surface area (Å²) >= 11 is 6.60. The first kappa shape index (κ1) is 26.7. The summed E-state index contributed by atoms with van der Waals surface area (Å²) < 4.78 is 43.8. The molecule has 0 saturated carbocycles. The largest absolute Gasteiger partial charge is 0.475 e. The summed E-state index contributed by atoms with van der Waals surface area (Å²) in [7, 11) is 0. The van der Waals surface area contributed by atoms with Crippen molar-refractivity contribution >= 4 is 34.8 Å². The van der Waals surface area contributed by atoms with Gasteiger partial charge in [-0.2, -0.15) is 0 Å². The molecule has 3 aromatic rings. The minimum Gasteiger partial charge on any atom is -0.475 e. The number of nitrogens with one attached hydrogen (secondary N) is 1. The van der Waals surface area contributed by atoms with Gasteiger partial charge in [0.15, 0.2) is 11.6 Å². The molecule has 3 aliphatic heterocycles.